The van der Waals surface area contributed by atoms with Crippen molar-refractivity contribution < 1.29 is 19.4 Å². The Morgan fingerprint density at radius 3 is 2.67 bits per heavy atom. The molecule has 0 aliphatic carbocycles. The predicted molar refractivity (Wildman–Crippen MR) is 111 cm³/mol. The number of benzene rings is 1. The zero-order valence-corrected chi connectivity index (χ0v) is 16.4. The third-order valence-corrected chi connectivity index (χ3v) is 4.74. The van der Waals surface area contributed by atoms with Crippen LogP contribution < -0.4 is 10.1 Å². The maximum atomic E-state index is 12.5. The molecule has 0 bridgehead atoms. The number of aromatic nitrogens is 1. The first-order valence-electron chi connectivity index (χ1n) is 9.60. The second kappa shape index (κ2) is 8.32. The van der Waals surface area contributed by atoms with E-state index >= 15 is 0 Å². The highest BCUT2D eigenvalue weighted by Gasteiger charge is 2.22. The van der Waals surface area contributed by atoms with Crippen molar-refractivity contribution in [1.82, 2.24) is 15.2 Å². The lowest BCUT2D eigenvalue weighted by Gasteiger charge is -2.30. The van der Waals surface area contributed by atoms with Gasteiger partial charge in [-0.2, -0.15) is 0 Å². The number of hydrogen-bond donors (Lipinski definition) is 2. The van der Waals surface area contributed by atoms with Crippen LogP contribution in [0.25, 0.3) is 0 Å². The molecule has 1 aromatic carbocycles. The van der Waals surface area contributed by atoms with Crippen molar-refractivity contribution in [3.8, 4) is 17.2 Å². The number of aromatic hydroxyl groups is 1. The minimum absolute atomic E-state index is 0.103. The first-order chi connectivity index (χ1) is 14.5. The van der Waals surface area contributed by atoms with E-state index in [2.05, 4.69) is 20.3 Å². The fourth-order valence-electron chi connectivity index (χ4n) is 2.99. The molecular formula is C21H21N5O4. The SMILES string of the molecule is CC1=NCC(NC(=O)c2cc(O)cc(Oc3ccc(C(=O)N4CCC4)nc3)c2)N=C1. The summed E-state index contributed by atoms with van der Waals surface area (Å²) in [6, 6.07) is 7.46. The van der Waals surface area contributed by atoms with Crippen molar-refractivity contribution in [2.24, 2.45) is 9.98 Å². The van der Waals surface area contributed by atoms with Gasteiger partial charge in [0, 0.05) is 36.6 Å². The van der Waals surface area contributed by atoms with Crippen LogP contribution in [-0.2, 0) is 0 Å². The number of carbonyl (C=O) groups excluding carboxylic acids is 2. The maximum Gasteiger partial charge on any atom is 0.272 e. The lowest BCUT2D eigenvalue weighted by Crippen LogP contribution is -2.42. The maximum absolute atomic E-state index is 12.5. The first kappa shape index (κ1) is 19.6. The summed E-state index contributed by atoms with van der Waals surface area (Å²) in [4.78, 5) is 39.0. The van der Waals surface area contributed by atoms with Crippen LogP contribution in [0.5, 0.6) is 17.2 Å². The molecule has 3 heterocycles. The molecule has 9 nitrogen and oxygen atoms in total. The molecule has 1 aromatic heterocycles. The number of carbonyl (C=O) groups is 2. The van der Waals surface area contributed by atoms with Gasteiger partial charge in [0.1, 0.15) is 29.1 Å². The average molecular weight is 407 g/mol. The van der Waals surface area contributed by atoms with E-state index in [4.69, 9.17) is 4.74 Å². The van der Waals surface area contributed by atoms with E-state index in [1.807, 2.05) is 6.92 Å². The van der Waals surface area contributed by atoms with Crippen LogP contribution in [0.1, 0.15) is 34.2 Å². The van der Waals surface area contributed by atoms with Gasteiger partial charge in [-0.1, -0.05) is 0 Å². The van der Waals surface area contributed by atoms with Crippen LogP contribution in [0.2, 0.25) is 0 Å². The lowest BCUT2D eigenvalue weighted by molar-refractivity contribution is 0.0645. The van der Waals surface area contributed by atoms with Crippen LogP contribution in [0, 0.1) is 0 Å². The molecule has 2 amide bonds. The molecule has 1 unspecified atom stereocenters. The average Bonchev–Trinajstić information content (AvgIpc) is 2.68. The van der Waals surface area contributed by atoms with Crippen molar-refractivity contribution in [3.63, 3.8) is 0 Å². The molecule has 0 saturated carbocycles. The molecule has 154 valence electrons. The Balaban J connectivity index is 1.43. The summed E-state index contributed by atoms with van der Waals surface area (Å²) in [6.45, 7) is 3.71. The van der Waals surface area contributed by atoms with Crippen LogP contribution in [0.15, 0.2) is 46.5 Å². The topological polar surface area (TPSA) is 116 Å². The van der Waals surface area contributed by atoms with Crippen LogP contribution in [0.3, 0.4) is 0 Å². The van der Waals surface area contributed by atoms with Gasteiger partial charge in [0.15, 0.2) is 0 Å². The molecule has 0 spiro atoms. The highest BCUT2D eigenvalue weighted by atomic mass is 16.5. The molecule has 9 heteroatoms. The van der Waals surface area contributed by atoms with Crippen molar-refractivity contribution in [2.75, 3.05) is 19.6 Å². The van der Waals surface area contributed by atoms with Crippen molar-refractivity contribution >= 4 is 23.7 Å². The van der Waals surface area contributed by atoms with Gasteiger partial charge in [-0.15, -0.1) is 0 Å². The van der Waals surface area contributed by atoms with E-state index in [1.165, 1.54) is 24.4 Å². The van der Waals surface area contributed by atoms with E-state index in [1.54, 1.807) is 23.2 Å². The molecule has 30 heavy (non-hydrogen) atoms. The largest absolute Gasteiger partial charge is 0.508 e. The zero-order chi connectivity index (χ0) is 21.1. The summed E-state index contributed by atoms with van der Waals surface area (Å²) in [5.41, 5.74) is 1.38. The fourth-order valence-corrected chi connectivity index (χ4v) is 2.99. The van der Waals surface area contributed by atoms with E-state index < -0.39 is 12.1 Å². The van der Waals surface area contributed by atoms with Gasteiger partial charge < -0.3 is 20.1 Å². The molecule has 4 rings (SSSR count). The number of aliphatic imine (C=N–C) groups is 2. The van der Waals surface area contributed by atoms with Crippen molar-refractivity contribution in [1.29, 1.82) is 0 Å². The van der Waals surface area contributed by atoms with Crippen LogP contribution in [0.4, 0.5) is 0 Å². The summed E-state index contributed by atoms with van der Waals surface area (Å²) >= 11 is 0. The molecule has 2 N–H and O–H groups in total. The second-order valence-corrected chi connectivity index (χ2v) is 7.09. The van der Waals surface area contributed by atoms with Gasteiger partial charge in [0.25, 0.3) is 11.8 Å². The Labute approximate surface area is 173 Å². The molecular weight excluding hydrogens is 386 g/mol. The predicted octanol–water partition coefficient (Wildman–Crippen LogP) is 2.03. The molecule has 2 aromatic rings. The highest BCUT2D eigenvalue weighted by molar-refractivity contribution is 6.29. The van der Waals surface area contributed by atoms with Gasteiger partial charge >= 0.3 is 0 Å². The summed E-state index contributed by atoms with van der Waals surface area (Å²) in [6.07, 6.45) is 3.61. The van der Waals surface area contributed by atoms with E-state index in [9.17, 15) is 14.7 Å². The Morgan fingerprint density at radius 2 is 2.03 bits per heavy atom. The van der Waals surface area contributed by atoms with Gasteiger partial charge in [-0.25, -0.2) is 4.98 Å². The number of nitrogens with one attached hydrogen (secondary N) is 1. The lowest BCUT2D eigenvalue weighted by atomic mass is 10.2. The number of pyridine rings is 1. The third kappa shape index (κ3) is 4.45. The monoisotopic (exact) mass is 407 g/mol. The molecule has 1 saturated heterocycles. The second-order valence-electron chi connectivity index (χ2n) is 7.09. The molecule has 1 atom stereocenters. The Kier molecular flexibility index (Phi) is 5.42. The highest BCUT2D eigenvalue weighted by Crippen LogP contribution is 2.27. The quantitative estimate of drug-likeness (QED) is 0.787. The Morgan fingerprint density at radius 1 is 1.20 bits per heavy atom. The third-order valence-electron chi connectivity index (χ3n) is 4.74. The van der Waals surface area contributed by atoms with Gasteiger partial charge in [-0.05, 0) is 37.6 Å². The molecule has 2 aliphatic heterocycles. The van der Waals surface area contributed by atoms with Gasteiger partial charge in [0.2, 0.25) is 0 Å². The summed E-state index contributed by atoms with van der Waals surface area (Å²) < 4.78 is 5.71. The number of phenolic OH excluding ortho intramolecular Hbond substituents is 1. The minimum atomic E-state index is -0.450. The van der Waals surface area contributed by atoms with E-state index in [0.29, 0.717) is 18.0 Å². The van der Waals surface area contributed by atoms with Crippen molar-refractivity contribution in [2.45, 2.75) is 19.5 Å². The summed E-state index contributed by atoms with van der Waals surface area (Å²) in [7, 11) is 0. The number of amides is 2. The first-order valence-corrected chi connectivity index (χ1v) is 9.60. The molecule has 1 fully saturated rings. The van der Waals surface area contributed by atoms with Crippen molar-refractivity contribution in [3.05, 3.63) is 47.8 Å². The normalized spacial score (nSPS) is 17.7. The molecule has 0 radical (unpaired) electrons. The zero-order valence-electron chi connectivity index (χ0n) is 16.4. The smallest absolute Gasteiger partial charge is 0.272 e. The van der Waals surface area contributed by atoms with E-state index in [-0.39, 0.29) is 23.0 Å². The van der Waals surface area contributed by atoms with Crippen LogP contribution >= 0.6 is 0 Å². The number of likely N-dealkylation sites (tertiary alicyclic amines) is 1. The fraction of sp³-hybridized carbons (Fsp3) is 0.286. The summed E-state index contributed by atoms with van der Waals surface area (Å²) in [5, 5.41) is 12.7. The summed E-state index contributed by atoms with van der Waals surface area (Å²) in [5.74, 6) is 0.0325. The Bertz CT molecular complexity index is 1030. The number of rotatable bonds is 5. The van der Waals surface area contributed by atoms with Gasteiger partial charge in [0.05, 0.1) is 12.7 Å². The van der Waals surface area contributed by atoms with Gasteiger partial charge in [-0.3, -0.25) is 19.6 Å². The number of hydrogen-bond acceptors (Lipinski definition) is 7. The Hall–Kier alpha value is -3.75. The number of nitrogens with zero attached hydrogens (tertiary/aromatic N) is 4. The van der Waals surface area contributed by atoms with Crippen LogP contribution in [-0.4, -0.2) is 64.5 Å². The number of ether oxygens (including phenoxy) is 1. The number of phenols is 1. The standard InChI is InChI=1S/C21H21N5O4/c1-13-10-24-19(12-22-13)25-20(28)14-7-15(27)9-17(8-14)30-16-3-4-18(23-11-16)21(29)26-5-2-6-26/h3-4,7-11,19,27H,2,5-6,12H2,1H3,(H,25,28). The minimum Gasteiger partial charge on any atom is -0.508 e. The van der Waals surface area contributed by atoms with E-state index in [0.717, 1.165) is 25.2 Å². The molecule has 2 aliphatic rings.